The summed E-state index contributed by atoms with van der Waals surface area (Å²) >= 11 is 0. The zero-order chi connectivity index (χ0) is 34.2. The second-order valence-corrected chi connectivity index (χ2v) is 10.8. The summed E-state index contributed by atoms with van der Waals surface area (Å²) in [7, 11) is 3.74. The molecule has 0 bridgehead atoms. The first-order valence-electron chi connectivity index (χ1n) is 13.3. The number of carbonyl (C=O) groups is 1. The van der Waals surface area contributed by atoms with E-state index >= 15 is 0 Å². The highest BCUT2D eigenvalue weighted by Gasteiger charge is 2.38. The summed E-state index contributed by atoms with van der Waals surface area (Å²) in [6, 6.07) is 6.74. The van der Waals surface area contributed by atoms with Crippen LogP contribution in [-0.4, -0.2) is 53.9 Å². The van der Waals surface area contributed by atoms with Gasteiger partial charge in [0.2, 0.25) is 0 Å². The van der Waals surface area contributed by atoms with Crippen molar-refractivity contribution in [3.05, 3.63) is 98.1 Å². The van der Waals surface area contributed by atoms with Gasteiger partial charge >= 0.3 is 24.2 Å². The SMILES string of the molecule is CN(C)C1CN(Cc2ccc(NC(=O)c3ccc(OCc4cc(C(F)(F)F)cc(C(F)(F)F)c4)c([N+](=O)[O-])c3)cc2C(F)(F)F)C1. The second kappa shape index (κ2) is 12.8. The van der Waals surface area contributed by atoms with Crippen molar-refractivity contribution in [3.63, 3.8) is 0 Å². The molecule has 3 aromatic carbocycles. The number of likely N-dealkylation sites (tertiary alicyclic amines) is 1. The van der Waals surface area contributed by atoms with Gasteiger partial charge in [0.15, 0.2) is 5.75 Å². The Kier molecular flexibility index (Phi) is 9.59. The van der Waals surface area contributed by atoms with Crippen molar-refractivity contribution in [1.82, 2.24) is 9.80 Å². The number of nitro groups is 1. The molecule has 1 heterocycles. The number of hydrogen-bond donors (Lipinski definition) is 1. The maximum absolute atomic E-state index is 13.9. The number of alkyl halides is 9. The number of amides is 1. The summed E-state index contributed by atoms with van der Waals surface area (Å²) in [6.07, 6.45) is -15.0. The molecule has 248 valence electrons. The second-order valence-electron chi connectivity index (χ2n) is 10.8. The van der Waals surface area contributed by atoms with Crippen molar-refractivity contribution in [2.75, 3.05) is 32.5 Å². The van der Waals surface area contributed by atoms with Gasteiger partial charge in [0.25, 0.3) is 5.91 Å². The lowest BCUT2D eigenvalue weighted by molar-refractivity contribution is -0.386. The molecule has 0 saturated carbocycles. The van der Waals surface area contributed by atoms with Gasteiger partial charge in [0.1, 0.15) is 6.61 Å². The van der Waals surface area contributed by atoms with E-state index in [0.29, 0.717) is 31.3 Å². The van der Waals surface area contributed by atoms with Crippen LogP contribution in [-0.2, 0) is 31.7 Å². The highest BCUT2D eigenvalue weighted by atomic mass is 19.4. The fourth-order valence-corrected chi connectivity index (χ4v) is 4.69. The van der Waals surface area contributed by atoms with E-state index in [0.717, 1.165) is 18.2 Å². The van der Waals surface area contributed by atoms with E-state index in [2.05, 4.69) is 5.32 Å². The minimum absolute atomic E-state index is 0.0111. The molecule has 3 aromatic rings. The van der Waals surface area contributed by atoms with E-state index in [1.807, 2.05) is 23.9 Å². The molecule has 1 saturated heterocycles. The maximum atomic E-state index is 13.9. The lowest BCUT2D eigenvalue weighted by Crippen LogP contribution is -2.56. The third-order valence-corrected chi connectivity index (χ3v) is 7.19. The standard InChI is InChI=1S/C29H25F9N4O4/c1-40(2)22-13-41(14-22)12-18-3-5-21(11-23(18)29(36,37)38)39-26(43)17-4-6-25(24(9-17)42(44)45)46-15-16-7-19(27(30,31)32)10-20(8-16)28(33,34)35/h3-11,22H,12-15H2,1-2H3,(H,39,43). The van der Waals surface area contributed by atoms with E-state index in [9.17, 15) is 54.4 Å². The van der Waals surface area contributed by atoms with Crippen LogP contribution in [0.1, 0.15) is 38.2 Å². The minimum Gasteiger partial charge on any atom is -0.482 e. The molecular formula is C29H25F9N4O4. The molecule has 46 heavy (non-hydrogen) atoms. The molecule has 17 heteroatoms. The number of carbonyl (C=O) groups excluding carboxylic acids is 1. The van der Waals surface area contributed by atoms with Crippen LogP contribution >= 0.6 is 0 Å². The van der Waals surface area contributed by atoms with Crippen LogP contribution in [0.5, 0.6) is 5.75 Å². The average molecular weight is 665 g/mol. The largest absolute Gasteiger partial charge is 0.482 e. The van der Waals surface area contributed by atoms with Gasteiger partial charge in [-0.25, -0.2) is 0 Å². The fraction of sp³-hybridized carbons (Fsp3) is 0.345. The van der Waals surface area contributed by atoms with Crippen molar-refractivity contribution in [3.8, 4) is 5.75 Å². The number of anilines is 1. The summed E-state index contributed by atoms with van der Waals surface area (Å²) in [5, 5.41) is 13.9. The first-order valence-corrected chi connectivity index (χ1v) is 13.3. The monoisotopic (exact) mass is 664 g/mol. The number of ether oxygens (including phenoxy) is 1. The first kappa shape index (κ1) is 34.5. The Morgan fingerprint density at radius 2 is 1.52 bits per heavy atom. The highest BCUT2D eigenvalue weighted by molar-refractivity contribution is 6.04. The van der Waals surface area contributed by atoms with Gasteiger partial charge in [0.05, 0.1) is 21.6 Å². The lowest BCUT2D eigenvalue weighted by atomic mass is 10.0. The zero-order valence-electron chi connectivity index (χ0n) is 24.0. The molecule has 0 spiro atoms. The van der Waals surface area contributed by atoms with Crippen molar-refractivity contribution >= 4 is 17.3 Å². The molecule has 0 aromatic heterocycles. The number of halogens is 9. The predicted octanol–water partition coefficient (Wildman–Crippen LogP) is 7.23. The first-order chi connectivity index (χ1) is 21.2. The number of rotatable bonds is 9. The number of benzene rings is 3. The topological polar surface area (TPSA) is 88.0 Å². The van der Waals surface area contributed by atoms with Crippen LogP contribution in [0, 0.1) is 10.1 Å². The zero-order valence-corrected chi connectivity index (χ0v) is 24.0. The normalized spacial score (nSPS) is 14.7. The van der Waals surface area contributed by atoms with E-state index in [4.69, 9.17) is 4.74 Å². The Morgan fingerprint density at radius 1 is 0.913 bits per heavy atom. The Balaban J connectivity index is 1.52. The molecule has 1 N–H and O–H groups in total. The van der Waals surface area contributed by atoms with Crippen molar-refractivity contribution in [1.29, 1.82) is 0 Å². The number of nitrogens with one attached hydrogen (secondary N) is 1. The van der Waals surface area contributed by atoms with Crippen LogP contribution < -0.4 is 10.1 Å². The average Bonchev–Trinajstić information content (AvgIpc) is 2.92. The molecule has 0 radical (unpaired) electrons. The van der Waals surface area contributed by atoms with Crippen LogP contribution in [0.4, 0.5) is 50.9 Å². The molecule has 1 fully saturated rings. The number of nitrogens with zero attached hydrogens (tertiary/aromatic N) is 3. The number of likely N-dealkylation sites (N-methyl/N-ethyl adjacent to an activating group) is 1. The summed E-state index contributed by atoms with van der Waals surface area (Å²) in [5.41, 5.74) is -6.29. The molecule has 4 rings (SSSR count). The van der Waals surface area contributed by atoms with Crippen molar-refractivity contribution < 1.29 is 54.0 Å². The Morgan fingerprint density at radius 3 is 2.04 bits per heavy atom. The molecule has 8 nitrogen and oxygen atoms in total. The minimum atomic E-state index is -5.12. The van der Waals surface area contributed by atoms with Crippen LogP contribution in [0.15, 0.2) is 54.6 Å². The van der Waals surface area contributed by atoms with E-state index in [1.165, 1.54) is 12.1 Å². The lowest BCUT2D eigenvalue weighted by Gasteiger charge is -2.43. The Hall–Kier alpha value is -4.38. The quantitative estimate of drug-likeness (QED) is 0.148. The smallest absolute Gasteiger partial charge is 0.416 e. The van der Waals surface area contributed by atoms with E-state index in [-0.39, 0.29) is 35.5 Å². The van der Waals surface area contributed by atoms with Gasteiger partial charge in [-0.15, -0.1) is 0 Å². The molecule has 0 aliphatic carbocycles. The Bertz CT molecular complexity index is 1580. The van der Waals surface area contributed by atoms with Crippen LogP contribution in [0.2, 0.25) is 0 Å². The summed E-state index contributed by atoms with van der Waals surface area (Å²) in [6.45, 7) is 0.254. The van der Waals surface area contributed by atoms with Crippen LogP contribution in [0.3, 0.4) is 0 Å². The third-order valence-electron chi connectivity index (χ3n) is 7.19. The molecule has 0 unspecified atom stereocenters. The molecule has 1 amide bonds. The third kappa shape index (κ3) is 8.25. The van der Waals surface area contributed by atoms with E-state index < -0.39 is 69.7 Å². The summed E-state index contributed by atoms with van der Waals surface area (Å²) in [5.74, 6) is -1.61. The van der Waals surface area contributed by atoms with Gasteiger partial charge in [-0.1, -0.05) is 6.07 Å². The van der Waals surface area contributed by atoms with Gasteiger partial charge in [-0.3, -0.25) is 19.8 Å². The number of nitro benzene ring substituents is 1. The molecule has 1 aliphatic heterocycles. The maximum Gasteiger partial charge on any atom is 0.416 e. The van der Waals surface area contributed by atoms with E-state index in [1.54, 1.807) is 0 Å². The van der Waals surface area contributed by atoms with Crippen molar-refractivity contribution in [2.45, 2.75) is 37.7 Å². The predicted molar refractivity (Wildman–Crippen MR) is 146 cm³/mol. The molecular weight excluding hydrogens is 639 g/mol. The molecule has 0 atom stereocenters. The summed E-state index contributed by atoms with van der Waals surface area (Å²) < 4.78 is 126. The summed E-state index contributed by atoms with van der Waals surface area (Å²) in [4.78, 5) is 27.3. The van der Waals surface area contributed by atoms with Gasteiger partial charge in [-0.2, -0.15) is 39.5 Å². The van der Waals surface area contributed by atoms with Gasteiger partial charge < -0.3 is 15.0 Å². The fourth-order valence-electron chi connectivity index (χ4n) is 4.69. The Labute approximate surface area is 255 Å². The van der Waals surface area contributed by atoms with Gasteiger partial charge in [-0.05, 0) is 67.7 Å². The number of hydrogen-bond acceptors (Lipinski definition) is 6. The van der Waals surface area contributed by atoms with Crippen LogP contribution in [0.25, 0.3) is 0 Å². The molecule has 1 aliphatic rings. The van der Waals surface area contributed by atoms with Gasteiger partial charge in [0, 0.05) is 43.0 Å². The van der Waals surface area contributed by atoms with Crippen molar-refractivity contribution in [2.24, 2.45) is 0 Å². The highest BCUT2D eigenvalue weighted by Crippen LogP contribution is 2.38.